The van der Waals surface area contributed by atoms with E-state index in [1.807, 2.05) is 68.7 Å². The second-order valence-electron chi connectivity index (χ2n) is 9.39. The third-order valence-electron chi connectivity index (χ3n) is 5.97. The van der Waals surface area contributed by atoms with E-state index < -0.39 is 11.1 Å². The van der Waals surface area contributed by atoms with Crippen LogP contribution in [0.15, 0.2) is 88.5 Å². The van der Waals surface area contributed by atoms with Gasteiger partial charge >= 0.3 is 0 Å². The van der Waals surface area contributed by atoms with Gasteiger partial charge in [0.2, 0.25) is 0 Å². The van der Waals surface area contributed by atoms with E-state index in [1.54, 1.807) is 36.4 Å². The van der Waals surface area contributed by atoms with Crippen LogP contribution in [0.4, 0.5) is 0 Å². The van der Waals surface area contributed by atoms with Crippen LogP contribution in [0.2, 0.25) is 0 Å². The van der Waals surface area contributed by atoms with Gasteiger partial charge in [0.1, 0.15) is 16.4 Å². The Balaban J connectivity index is 1.43. The van der Waals surface area contributed by atoms with Crippen LogP contribution in [0.25, 0.3) is 12.2 Å². The van der Waals surface area contributed by atoms with E-state index in [-0.39, 0.29) is 16.6 Å². The number of carbonyl (C=O) groups is 1. The summed E-state index contributed by atoms with van der Waals surface area (Å²) in [5.74, 6) is 0.554. The molecule has 0 radical (unpaired) electrons. The number of nitrogens with one attached hydrogen (secondary N) is 3. The molecular formula is C31H32N4O4. The van der Waals surface area contributed by atoms with Crippen molar-refractivity contribution in [2.45, 2.75) is 13.0 Å². The van der Waals surface area contributed by atoms with E-state index in [9.17, 15) is 14.4 Å². The van der Waals surface area contributed by atoms with Gasteiger partial charge in [-0.2, -0.15) is 0 Å². The molecule has 0 saturated heterocycles. The smallest absolute Gasteiger partial charge is 0.272 e. The average Bonchev–Trinajstić information content (AvgIpc) is 2.94. The van der Waals surface area contributed by atoms with Gasteiger partial charge in [0.25, 0.3) is 17.0 Å². The molecule has 0 unspecified atom stereocenters. The summed E-state index contributed by atoms with van der Waals surface area (Å²) in [6.07, 6.45) is 4.11. The van der Waals surface area contributed by atoms with Crippen molar-refractivity contribution in [1.82, 2.24) is 20.2 Å². The number of aromatic amines is 2. The topological polar surface area (TPSA) is 107 Å². The number of carbonyl (C=O) groups excluding carboxylic acids is 1. The third kappa shape index (κ3) is 8.15. The second kappa shape index (κ2) is 13.2. The molecular weight excluding hydrogens is 492 g/mol. The Labute approximate surface area is 226 Å². The number of rotatable bonds is 10. The lowest BCUT2D eigenvalue weighted by Gasteiger charge is -2.10. The molecule has 4 rings (SSSR count). The van der Waals surface area contributed by atoms with E-state index in [0.29, 0.717) is 24.3 Å². The van der Waals surface area contributed by atoms with E-state index in [4.69, 9.17) is 4.74 Å². The standard InChI is InChI=1S/C31H32N4O4/c1-35(2)17-6-18-39-26-15-11-23(12-16-26)20-28-31(38)33-27(30(37)34-28)19-22-9-13-25(14-10-22)29(36)32-21-24-7-4-3-5-8-24/h3-5,7-16,19-20H,6,17-18,21H2,1-2H3,(H,32,36)(H,33,38)(H,34,37). The number of hydrogen-bond acceptors (Lipinski definition) is 5. The van der Waals surface area contributed by atoms with Crippen LogP contribution in [0.1, 0.15) is 33.5 Å². The average molecular weight is 525 g/mol. The highest BCUT2D eigenvalue weighted by Crippen LogP contribution is 2.12. The number of aromatic nitrogens is 2. The fourth-order valence-corrected chi connectivity index (χ4v) is 3.87. The minimum atomic E-state index is -0.425. The zero-order valence-electron chi connectivity index (χ0n) is 22.1. The van der Waals surface area contributed by atoms with Crippen LogP contribution >= 0.6 is 0 Å². The molecule has 4 aromatic rings. The molecule has 0 aliphatic heterocycles. The lowest BCUT2D eigenvalue weighted by Crippen LogP contribution is -2.46. The molecule has 3 N–H and O–H groups in total. The van der Waals surface area contributed by atoms with Crippen molar-refractivity contribution >= 4 is 18.1 Å². The molecule has 0 saturated carbocycles. The maximum Gasteiger partial charge on any atom is 0.272 e. The molecule has 200 valence electrons. The summed E-state index contributed by atoms with van der Waals surface area (Å²) in [6, 6.07) is 23.8. The molecule has 39 heavy (non-hydrogen) atoms. The fourth-order valence-electron chi connectivity index (χ4n) is 3.87. The normalized spacial score (nSPS) is 12.1. The summed E-state index contributed by atoms with van der Waals surface area (Å²) in [6.45, 7) is 2.01. The zero-order chi connectivity index (χ0) is 27.6. The number of benzene rings is 3. The molecule has 0 aliphatic rings. The highest BCUT2D eigenvalue weighted by molar-refractivity contribution is 5.94. The van der Waals surface area contributed by atoms with E-state index in [2.05, 4.69) is 20.2 Å². The third-order valence-corrected chi connectivity index (χ3v) is 5.97. The largest absolute Gasteiger partial charge is 0.494 e. The summed E-state index contributed by atoms with van der Waals surface area (Å²) in [7, 11) is 4.04. The van der Waals surface area contributed by atoms with Gasteiger partial charge < -0.3 is 24.9 Å². The van der Waals surface area contributed by atoms with Crippen molar-refractivity contribution in [1.29, 1.82) is 0 Å². The molecule has 0 bridgehead atoms. The molecule has 3 aromatic carbocycles. The lowest BCUT2D eigenvalue weighted by molar-refractivity contribution is 0.0951. The molecule has 0 fully saturated rings. The first kappa shape index (κ1) is 27.3. The zero-order valence-corrected chi connectivity index (χ0v) is 22.1. The lowest BCUT2D eigenvalue weighted by atomic mass is 10.1. The number of H-pyrrole nitrogens is 2. The first-order valence-corrected chi connectivity index (χ1v) is 12.7. The molecule has 1 heterocycles. The van der Waals surface area contributed by atoms with Gasteiger partial charge in [-0.25, -0.2) is 0 Å². The predicted octanol–water partition coefficient (Wildman–Crippen LogP) is 1.98. The summed E-state index contributed by atoms with van der Waals surface area (Å²) >= 11 is 0. The molecule has 0 atom stereocenters. The summed E-state index contributed by atoms with van der Waals surface area (Å²) in [4.78, 5) is 45.2. The first-order valence-electron chi connectivity index (χ1n) is 12.7. The van der Waals surface area contributed by atoms with Gasteiger partial charge in [0.05, 0.1) is 6.61 Å². The summed E-state index contributed by atoms with van der Waals surface area (Å²) in [5, 5.41) is 3.16. The summed E-state index contributed by atoms with van der Waals surface area (Å²) < 4.78 is 5.74. The van der Waals surface area contributed by atoms with Crippen LogP contribution in [0, 0.1) is 0 Å². The Morgan fingerprint density at radius 3 is 1.95 bits per heavy atom. The monoisotopic (exact) mass is 524 g/mol. The molecule has 8 heteroatoms. The van der Waals surface area contributed by atoms with Gasteiger partial charge in [0.15, 0.2) is 0 Å². The Bertz CT molecular complexity index is 1620. The Morgan fingerprint density at radius 2 is 1.38 bits per heavy atom. The van der Waals surface area contributed by atoms with Crippen LogP contribution in [0.3, 0.4) is 0 Å². The van der Waals surface area contributed by atoms with Crippen molar-refractivity contribution in [2.75, 3.05) is 27.2 Å². The van der Waals surface area contributed by atoms with Crippen LogP contribution in [-0.2, 0) is 6.54 Å². The van der Waals surface area contributed by atoms with Crippen molar-refractivity contribution in [3.63, 3.8) is 0 Å². The van der Waals surface area contributed by atoms with Crippen molar-refractivity contribution in [2.24, 2.45) is 0 Å². The molecule has 1 aromatic heterocycles. The number of hydrogen-bond donors (Lipinski definition) is 3. The first-order chi connectivity index (χ1) is 18.9. The highest BCUT2D eigenvalue weighted by Gasteiger charge is 2.05. The van der Waals surface area contributed by atoms with Crippen LogP contribution < -0.4 is 31.9 Å². The van der Waals surface area contributed by atoms with Gasteiger partial charge in [-0.15, -0.1) is 0 Å². The minimum absolute atomic E-state index is 0.125. The van der Waals surface area contributed by atoms with E-state index >= 15 is 0 Å². The fraction of sp³-hybridized carbons (Fsp3) is 0.194. The van der Waals surface area contributed by atoms with Gasteiger partial charge in [-0.3, -0.25) is 14.4 Å². The van der Waals surface area contributed by atoms with Crippen LogP contribution in [-0.4, -0.2) is 48.0 Å². The Morgan fingerprint density at radius 1 is 0.821 bits per heavy atom. The van der Waals surface area contributed by atoms with Gasteiger partial charge in [0, 0.05) is 18.7 Å². The molecule has 0 spiro atoms. The number of amides is 1. The van der Waals surface area contributed by atoms with Gasteiger partial charge in [-0.1, -0.05) is 54.6 Å². The van der Waals surface area contributed by atoms with Crippen molar-refractivity contribution in [3.8, 4) is 5.75 Å². The maximum atomic E-state index is 12.7. The Hall–Kier alpha value is -4.69. The molecule has 8 nitrogen and oxygen atoms in total. The minimum Gasteiger partial charge on any atom is -0.494 e. The SMILES string of the molecule is CN(C)CCCOc1ccc(C=c2[nH]c(=O)c(=Cc3ccc(C(=O)NCc4ccccc4)cc3)[nH]c2=O)cc1. The maximum absolute atomic E-state index is 12.7. The Kier molecular flexibility index (Phi) is 9.26. The van der Waals surface area contributed by atoms with Crippen molar-refractivity contribution in [3.05, 3.63) is 133 Å². The van der Waals surface area contributed by atoms with Crippen LogP contribution in [0.5, 0.6) is 5.75 Å². The number of nitrogens with zero attached hydrogens (tertiary/aromatic N) is 1. The van der Waals surface area contributed by atoms with Gasteiger partial charge in [-0.05, 0) is 73.6 Å². The summed E-state index contributed by atoms with van der Waals surface area (Å²) in [5.41, 5.74) is 2.11. The predicted molar refractivity (Wildman–Crippen MR) is 153 cm³/mol. The second-order valence-corrected chi connectivity index (χ2v) is 9.39. The van der Waals surface area contributed by atoms with E-state index in [1.165, 1.54) is 0 Å². The van der Waals surface area contributed by atoms with E-state index in [0.717, 1.165) is 29.8 Å². The quantitative estimate of drug-likeness (QED) is 0.275. The molecule has 1 amide bonds. The molecule has 0 aliphatic carbocycles. The number of ether oxygens (including phenoxy) is 1. The van der Waals surface area contributed by atoms with Crippen molar-refractivity contribution < 1.29 is 9.53 Å². The highest BCUT2D eigenvalue weighted by atomic mass is 16.5.